The van der Waals surface area contributed by atoms with Gasteiger partial charge in [0.25, 0.3) is 0 Å². The summed E-state index contributed by atoms with van der Waals surface area (Å²) in [4.78, 5) is 0. The molecular formula is C21H23N3O. The van der Waals surface area contributed by atoms with E-state index in [-0.39, 0.29) is 0 Å². The van der Waals surface area contributed by atoms with Crippen molar-refractivity contribution >= 4 is 10.9 Å². The number of nitriles is 1. The maximum absolute atomic E-state index is 8.84. The van der Waals surface area contributed by atoms with Gasteiger partial charge in [0, 0.05) is 30.2 Å². The largest absolute Gasteiger partial charge is 0.497 e. The smallest absolute Gasteiger partial charge is 0.118 e. The molecule has 0 saturated carbocycles. The lowest BCUT2D eigenvalue weighted by molar-refractivity contribution is 0.414. The average Bonchev–Trinajstić information content (AvgIpc) is 3.02. The van der Waals surface area contributed by atoms with Gasteiger partial charge in [-0.3, -0.25) is 0 Å². The van der Waals surface area contributed by atoms with Crippen LogP contribution in [-0.2, 0) is 19.5 Å². The fraction of sp³-hybridized carbons (Fsp3) is 0.286. The highest BCUT2D eigenvalue weighted by molar-refractivity contribution is 5.83. The Balaban J connectivity index is 1.60. The van der Waals surface area contributed by atoms with E-state index in [1.165, 1.54) is 22.0 Å². The molecule has 0 bridgehead atoms. The molecule has 25 heavy (non-hydrogen) atoms. The van der Waals surface area contributed by atoms with E-state index >= 15 is 0 Å². The summed E-state index contributed by atoms with van der Waals surface area (Å²) in [7, 11) is 1.68. The van der Waals surface area contributed by atoms with Crippen LogP contribution in [0.1, 0.15) is 17.5 Å². The van der Waals surface area contributed by atoms with Gasteiger partial charge < -0.3 is 14.6 Å². The number of fused-ring (bicyclic) bond motifs is 1. The summed E-state index contributed by atoms with van der Waals surface area (Å²) in [5.41, 5.74) is 3.78. The molecule has 0 fully saturated rings. The van der Waals surface area contributed by atoms with Crippen molar-refractivity contribution in [1.82, 2.24) is 9.88 Å². The van der Waals surface area contributed by atoms with Gasteiger partial charge in [-0.05, 0) is 42.3 Å². The SMILES string of the molecule is COc1ccc(CCNCc2cn(CCC#N)c3ccccc23)cc1. The molecular weight excluding hydrogens is 310 g/mol. The number of ether oxygens (including phenoxy) is 1. The third kappa shape index (κ3) is 4.20. The average molecular weight is 333 g/mol. The van der Waals surface area contributed by atoms with E-state index in [0.29, 0.717) is 6.42 Å². The lowest BCUT2D eigenvalue weighted by Crippen LogP contribution is -2.16. The highest BCUT2D eigenvalue weighted by Crippen LogP contribution is 2.21. The van der Waals surface area contributed by atoms with Gasteiger partial charge in [-0.15, -0.1) is 0 Å². The van der Waals surface area contributed by atoms with Crippen LogP contribution < -0.4 is 10.1 Å². The maximum Gasteiger partial charge on any atom is 0.118 e. The number of para-hydroxylation sites is 1. The van der Waals surface area contributed by atoms with Crippen LogP contribution in [0.25, 0.3) is 10.9 Å². The highest BCUT2D eigenvalue weighted by Gasteiger charge is 2.07. The van der Waals surface area contributed by atoms with E-state index in [9.17, 15) is 0 Å². The Hall–Kier alpha value is -2.77. The van der Waals surface area contributed by atoms with Crippen LogP contribution >= 0.6 is 0 Å². The first-order chi connectivity index (χ1) is 12.3. The number of aryl methyl sites for hydroxylation is 1. The minimum absolute atomic E-state index is 0.531. The molecule has 1 aromatic heterocycles. The highest BCUT2D eigenvalue weighted by atomic mass is 16.5. The number of methoxy groups -OCH3 is 1. The van der Waals surface area contributed by atoms with Crippen LogP contribution in [0.2, 0.25) is 0 Å². The van der Waals surface area contributed by atoms with Gasteiger partial charge >= 0.3 is 0 Å². The van der Waals surface area contributed by atoms with Gasteiger partial charge in [0.1, 0.15) is 5.75 Å². The van der Waals surface area contributed by atoms with Crippen molar-refractivity contribution in [3.05, 3.63) is 65.9 Å². The van der Waals surface area contributed by atoms with Crippen molar-refractivity contribution in [2.75, 3.05) is 13.7 Å². The Morgan fingerprint density at radius 3 is 2.68 bits per heavy atom. The van der Waals surface area contributed by atoms with Crippen LogP contribution in [0.4, 0.5) is 0 Å². The summed E-state index contributed by atoms with van der Waals surface area (Å²) in [5.74, 6) is 0.891. The normalized spacial score (nSPS) is 10.7. The minimum atomic E-state index is 0.531. The molecule has 0 saturated heterocycles. The third-order valence-corrected chi connectivity index (χ3v) is 4.40. The predicted octanol–water partition coefficient (Wildman–Crippen LogP) is 3.90. The van der Waals surface area contributed by atoms with Gasteiger partial charge in [0.05, 0.1) is 19.6 Å². The van der Waals surface area contributed by atoms with Crippen molar-refractivity contribution in [2.24, 2.45) is 0 Å². The zero-order valence-electron chi connectivity index (χ0n) is 14.5. The lowest BCUT2D eigenvalue weighted by atomic mass is 10.1. The third-order valence-electron chi connectivity index (χ3n) is 4.40. The monoisotopic (exact) mass is 333 g/mol. The van der Waals surface area contributed by atoms with Gasteiger partial charge in [0.2, 0.25) is 0 Å². The summed E-state index contributed by atoms with van der Waals surface area (Å²) < 4.78 is 7.37. The number of hydrogen-bond acceptors (Lipinski definition) is 3. The lowest BCUT2D eigenvalue weighted by Gasteiger charge is -2.05. The summed E-state index contributed by atoms with van der Waals surface area (Å²) in [6.45, 7) is 2.49. The molecule has 0 amide bonds. The summed E-state index contributed by atoms with van der Waals surface area (Å²) in [6.07, 6.45) is 3.68. The van der Waals surface area contributed by atoms with E-state index in [4.69, 9.17) is 10.00 Å². The topological polar surface area (TPSA) is 50.0 Å². The fourth-order valence-electron chi connectivity index (χ4n) is 3.07. The fourth-order valence-corrected chi connectivity index (χ4v) is 3.07. The molecule has 0 aliphatic heterocycles. The molecule has 3 aromatic rings. The molecule has 128 valence electrons. The van der Waals surface area contributed by atoms with Gasteiger partial charge in [-0.1, -0.05) is 30.3 Å². The van der Waals surface area contributed by atoms with Crippen LogP contribution in [-0.4, -0.2) is 18.2 Å². The van der Waals surface area contributed by atoms with E-state index < -0.39 is 0 Å². The number of nitrogens with one attached hydrogen (secondary N) is 1. The summed E-state index contributed by atoms with van der Waals surface area (Å²) in [5, 5.41) is 13.6. The number of benzene rings is 2. The molecule has 1 heterocycles. The molecule has 2 aromatic carbocycles. The van der Waals surface area contributed by atoms with Crippen LogP contribution in [0, 0.1) is 11.3 Å². The molecule has 3 rings (SSSR count). The molecule has 0 aliphatic carbocycles. The zero-order chi connectivity index (χ0) is 17.5. The summed E-state index contributed by atoms with van der Waals surface area (Å²) in [6, 6.07) is 18.8. The van der Waals surface area contributed by atoms with Gasteiger partial charge in [0.15, 0.2) is 0 Å². The standard InChI is InChI=1S/C21H23N3O/c1-25-19-9-7-17(8-10-19)11-13-23-15-18-16-24(14-4-12-22)21-6-3-2-5-20(18)21/h2-3,5-10,16,23H,4,11,13-15H2,1H3. The zero-order valence-corrected chi connectivity index (χ0v) is 14.5. The van der Waals surface area contributed by atoms with Crippen molar-refractivity contribution in [2.45, 2.75) is 25.9 Å². The Morgan fingerprint density at radius 2 is 1.92 bits per heavy atom. The van der Waals surface area contributed by atoms with E-state index in [2.05, 4.69) is 52.5 Å². The first-order valence-electron chi connectivity index (χ1n) is 8.59. The van der Waals surface area contributed by atoms with Gasteiger partial charge in [-0.25, -0.2) is 0 Å². The van der Waals surface area contributed by atoms with Crippen molar-refractivity contribution in [3.8, 4) is 11.8 Å². The molecule has 1 N–H and O–H groups in total. The Morgan fingerprint density at radius 1 is 1.12 bits per heavy atom. The van der Waals surface area contributed by atoms with E-state index in [0.717, 1.165) is 31.8 Å². The van der Waals surface area contributed by atoms with Crippen molar-refractivity contribution in [3.63, 3.8) is 0 Å². The van der Waals surface area contributed by atoms with Crippen molar-refractivity contribution < 1.29 is 4.74 Å². The maximum atomic E-state index is 8.84. The molecule has 0 aliphatic rings. The molecule has 0 atom stereocenters. The summed E-state index contributed by atoms with van der Waals surface area (Å²) >= 11 is 0. The number of nitrogens with zero attached hydrogens (tertiary/aromatic N) is 2. The molecule has 0 unspecified atom stereocenters. The second-order valence-electron chi connectivity index (χ2n) is 6.05. The number of aromatic nitrogens is 1. The van der Waals surface area contributed by atoms with Crippen LogP contribution in [0.5, 0.6) is 5.75 Å². The number of hydrogen-bond donors (Lipinski definition) is 1. The predicted molar refractivity (Wildman–Crippen MR) is 101 cm³/mol. The second kappa shape index (κ2) is 8.36. The van der Waals surface area contributed by atoms with Crippen molar-refractivity contribution in [1.29, 1.82) is 5.26 Å². The molecule has 0 radical (unpaired) electrons. The quantitative estimate of drug-likeness (QED) is 0.636. The van der Waals surface area contributed by atoms with E-state index in [1.807, 2.05) is 18.2 Å². The van der Waals surface area contributed by atoms with Crippen LogP contribution in [0.15, 0.2) is 54.7 Å². The number of rotatable bonds is 8. The Labute approximate surface area is 148 Å². The molecule has 0 spiro atoms. The first kappa shape index (κ1) is 17.1. The first-order valence-corrected chi connectivity index (χ1v) is 8.59. The van der Waals surface area contributed by atoms with Crippen LogP contribution in [0.3, 0.4) is 0 Å². The Kier molecular flexibility index (Phi) is 5.71. The van der Waals surface area contributed by atoms with E-state index in [1.54, 1.807) is 7.11 Å². The molecule has 4 heteroatoms. The second-order valence-corrected chi connectivity index (χ2v) is 6.05. The minimum Gasteiger partial charge on any atom is -0.497 e. The van der Waals surface area contributed by atoms with Gasteiger partial charge in [-0.2, -0.15) is 5.26 Å². The Bertz CT molecular complexity index is 859. The molecule has 4 nitrogen and oxygen atoms in total.